The van der Waals surface area contributed by atoms with Crippen molar-refractivity contribution in [1.29, 1.82) is 0 Å². The van der Waals surface area contributed by atoms with Gasteiger partial charge >= 0.3 is 5.97 Å². The summed E-state index contributed by atoms with van der Waals surface area (Å²) in [6.07, 6.45) is 13.2. The molecule has 0 amide bonds. The first kappa shape index (κ1) is 21.2. The number of hydrogen-bond donors (Lipinski definition) is 1. The number of rotatable bonds is 8. The van der Waals surface area contributed by atoms with Gasteiger partial charge in [-0.05, 0) is 62.3 Å². The normalized spacial score (nSPS) is 21.1. The van der Waals surface area contributed by atoms with Crippen LogP contribution in [-0.4, -0.2) is 22.7 Å². The molecule has 0 aliphatic heterocycles. The van der Waals surface area contributed by atoms with Gasteiger partial charge in [-0.2, -0.15) is 0 Å². The molecule has 0 bridgehead atoms. The fraction of sp³-hybridized carbons (Fsp3) is 0.385. The molecule has 0 radical (unpaired) electrons. The van der Waals surface area contributed by atoms with Gasteiger partial charge in [0.05, 0.1) is 18.7 Å². The largest absolute Gasteiger partial charge is 0.493 e. The number of oxazole rings is 1. The predicted molar refractivity (Wildman–Crippen MR) is 119 cm³/mol. The molecular weight excluding hydrogens is 390 g/mol. The Morgan fingerprint density at radius 2 is 2.06 bits per heavy atom. The van der Waals surface area contributed by atoms with Crippen LogP contribution in [0.5, 0.6) is 0 Å². The van der Waals surface area contributed by atoms with Gasteiger partial charge in [0.15, 0.2) is 0 Å². The second-order valence-corrected chi connectivity index (χ2v) is 8.33. The number of nitrogens with zero attached hydrogens (tertiary/aromatic N) is 1. The summed E-state index contributed by atoms with van der Waals surface area (Å²) >= 11 is 0. The minimum Gasteiger partial charge on any atom is -0.493 e. The fourth-order valence-corrected chi connectivity index (χ4v) is 4.55. The Balaban J connectivity index is 1.36. The second kappa shape index (κ2) is 9.38. The lowest BCUT2D eigenvalue weighted by atomic mass is 9.84. The van der Waals surface area contributed by atoms with Gasteiger partial charge < -0.3 is 14.3 Å². The Labute approximate surface area is 183 Å². The van der Waals surface area contributed by atoms with Crippen molar-refractivity contribution < 1.29 is 19.1 Å². The van der Waals surface area contributed by atoms with Crippen LogP contribution in [0.2, 0.25) is 0 Å². The topological polar surface area (TPSA) is 72.6 Å². The highest BCUT2D eigenvalue weighted by Gasteiger charge is 2.37. The zero-order valence-electron chi connectivity index (χ0n) is 18.1. The minimum atomic E-state index is -0.695. The third kappa shape index (κ3) is 4.82. The number of carboxylic acids is 1. The lowest BCUT2D eigenvalue weighted by Crippen LogP contribution is -2.22. The van der Waals surface area contributed by atoms with Crippen molar-refractivity contribution >= 4 is 5.97 Å². The number of carbonyl (C=O) groups is 1. The highest BCUT2D eigenvalue weighted by molar-refractivity contribution is 5.71. The van der Waals surface area contributed by atoms with E-state index in [2.05, 4.69) is 24.1 Å². The standard InChI is InChI=1S/C26H29NO4/c1-3-22(26(28)29)24-12-9-18-8-10-20(11-13-23(18)24)30-15-14-21-16-27-25(31-21)19-6-4-17(2)5-7-19/h4-8,10-11,13,16,18,22,24H,3,9,12,14-15H2,1-2H3,(H,28,29). The summed E-state index contributed by atoms with van der Waals surface area (Å²) in [5, 5.41) is 9.56. The van der Waals surface area contributed by atoms with Crippen molar-refractivity contribution in [3.8, 4) is 11.5 Å². The van der Waals surface area contributed by atoms with E-state index in [4.69, 9.17) is 9.15 Å². The van der Waals surface area contributed by atoms with Crippen molar-refractivity contribution in [2.75, 3.05) is 6.61 Å². The summed E-state index contributed by atoms with van der Waals surface area (Å²) in [6, 6.07) is 8.10. The molecule has 2 aliphatic rings. The van der Waals surface area contributed by atoms with Gasteiger partial charge in [-0.1, -0.05) is 42.3 Å². The minimum absolute atomic E-state index is 0.113. The van der Waals surface area contributed by atoms with Crippen molar-refractivity contribution in [3.05, 3.63) is 77.4 Å². The van der Waals surface area contributed by atoms with Crippen LogP contribution in [0.15, 0.2) is 70.5 Å². The zero-order valence-corrected chi connectivity index (χ0v) is 18.1. The van der Waals surface area contributed by atoms with Gasteiger partial charge in [-0.3, -0.25) is 4.79 Å². The third-order valence-electron chi connectivity index (χ3n) is 6.29. The molecule has 0 spiro atoms. The average Bonchev–Trinajstić information content (AvgIpc) is 3.33. The number of fused-ring (bicyclic) bond motifs is 1. The highest BCUT2D eigenvalue weighted by Crippen LogP contribution is 2.43. The number of benzene rings is 1. The molecule has 1 heterocycles. The van der Waals surface area contributed by atoms with Gasteiger partial charge in [0.1, 0.15) is 11.5 Å². The Bertz CT molecular complexity index is 1010. The van der Waals surface area contributed by atoms with Gasteiger partial charge in [0, 0.05) is 12.0 Å². The van der Waals surface area contributed by atoms with Crippen molar-refractivity contribution in [2.45, 2.75) is 39.5 Å². The van der Waals surface area contributed by atoms with E-state index in [1.807, 2.05) is 43.3 Å². The van der Waals surface area contributed by atoms with Gasteiger partial charge in [-0.15, -0.1) is 0 Å². The number of ether oxygens (including phenoxy) is 1. The van der Waals surface area contributed by atoms with E-state index in [-0.39, 0.29) is 11.8 Å². The quantitative estimate of drug-likeness (QED) is 0.592. The van der Waals surface area contributed by atoms with Crippen molar-refractivity contribution in [2.24, 2.45) is 17.8 Å². The van der Waals surface area contributed by atoms with E-state index in [1.54, 1.807) is 6.20 Å². The zero-order chi connectivity index (χ0) is 21.8. The molecule has 3 unspecified atom stereocenters. The summed E-state index contributed by atoms with van der Waals surface area (Å²) in [7, 11) is 0. The molecule has 162 valence electrons. The van der Waals surface area contributed by atoms with E-state index in [0.29, 0.717) is 31.3 Å². The molecule has 1 fully saturated rings. The molecule has 5 heteroatoms. The molecule has 1 aromatic carbocycles. The Kier molecular flexibility index (Phi) is 6.40. The Morgan fingerprint density at radius 3 is 2.81 bits per heavy atom. The van der Waals surface area contributed by atoms with Crippen LogP contribution in [-0.2, 0) is 16.0 Å². The molecule has 1 saturated carbocycles. The molecule has 1 aromatic heterocycles. The number of aromatic nitrogens is 1. The Hall–Kier alpha value is -3.08. The maximum Gasteiger partial charge on any atom is 0.307 e. The van der Waals surface area contributed by atoms with Crippen molar-refractivity contribution in [1.82, 2.24) is 4.98 Å². The molecule has 0 saturated heterocycles. The second-order valence-electron chi connectivity index (χ2n) is 8.33. The van der Waals surface area contributed by atoms with Gasteiger partial charge in [-0.25, -0.2) is 4.98 Å². The van der Waals surface area contributed by atoms with Crippen LogP contribution >= 0.6 is 0 Å². The maximum absolute atomic E-state index is 11.6. The van der Waals surface area contributed by atoms with Crippen LogP contribution < -0.4 is 0 Å². The van der Waals surface area contributed by atoms with Crippen LogP contribution in [0.1, 0.15) is 37.5 Å². The first-order valence-electron chi connectivity index (χ1n) is 11.0. The van der Waals surface area contributed by atoms with Gasteiger partial charge in [0.25, 0.3) is 0 Å². The Morgan fingerprint density at radius 1 is 1.26 bits per heavy atom. The van der Waals surface area contributed by atoms with E-state index in [9.17, 15) is 9.90 Å². The van der Waals surface area contributed by atoms with E-state index in [0.717, 1.165) is 29.9 Å². The first-order chi connectivity index (χ1) is 15.0. The molecule has 5 nitrogen and oxygen atoms in total. The summed E-state index contributed by atoms with van der Waals surface area (Å²) in [5.41, 5.74) is 3.39. The van der Waals surface area contributed by atoms with Crippen LogP contribution in [0.4, 0.5) is 0 Å². The predicted octanol–water partition coefficient (Wildman–Crippen LogP) is 5.73. The number of hydrogen-bond acceptors (Lipinski definition) is 4. The van der Waals surface area contributed by atoms with Crippen molar-refractivity contribution in [3.63, 3.8) is 0 Å². The monoisotopic (exact) mass is 419 g/mol. The lowest BCUT2D eigenvalue weighted by molar-refractivity contribution is -0.143. The molecule has 3 atom stereocenters. The number of allylic oxidation sites excluding steroid dienone is 5. The maximum atomic E-state index is 11.6. The third-order valence-corrected chi connectivity index (χ3v) is 6.29. The molecule has 31 heavy (non-hydrogen) atoms. The summed E-state index contributed by atoms with van der Waals surface area (Å²) in [5.74, 6) is 1.62. The number of carboxylic acid groups (broad SMARTS) is 1. The van der Waals surface area contributed by atoms with E-state index >= 15 is 0 Å². The smallest absolute Gasteiger partial charge is 0.307 e. The molecule has 2 aromatic rings. The highest BCUT2D eigenvalue weighted by atomic mass is 16.5. The average molecular weight is 420 g/mol. The summed E-state index contributed by atoms with van der Waals surface area (Å²) in [4.78, 5) is 16.0. The van der Waals surface area contributed by atoms with Crippen LogP contribution in [0.25, 0.3) is 11.5 Å². The summed E-state index contributed by atoms with van der Waals surface area (Å²) in [6.45, 7) is 4.50. The number of aliphatic carboxylic acids is 1. The first-order valence-corrected chi connectivity index (χ1v) is 11.0. The van der Waals surface area contributed by atoms with Gasteiger partial charge in [0.2, 0.25) is 5.89 Å². The fourth-order valence-electron chi connectivity index (χ4n) is 4.55. The van der Waals surface area contributed by atoms with Crippen LogP contribution in [0.3, 0.4) is 0 Å². The SMILES string of the molecule is CCC(C(=O)O)C1CCC2C=CC(OCCc3cnc(-c4ccc(C)cc4)o3)=CC=C21. The molecule has 1 N–H and O–H groups in total. The molecule has 2 aliphatic carbocycles. The molecule has 4 rings (SSSR count). The number of aryl methyl sites for hydroxylation is 1. The van der Waals surface area contributed by atoms with Crippen LogP contribution in [0, 0.1) is 24.7 Å². The summed E-state index contributed by atoms with van der Waals surface area (Å²) < 4.78 is 11.8. The molecular formula is C26H29NO4. The van der Waals surface area contributed by atoms with E-state index < -0.39 is 5.97 Å². The van der Waals surface area contributed by atoms with E-state index in [1.165, 1.54) is 11.1 Å². The lowest BCUT2D eigenvalue weighted by Gasteiger charge is -2.20.